The first-order valence-corrected chi connectivity index (χ1v) is 7.84. The minimum absolute atomic E-state index is 0.0742. The summed E-state index contributed by atoms with van der Waals surface area (Å²) in [6, 6.07) is 16.9. The van der Waals surface area contributed by atoms with Crippen LogP contribution in [0.2, 0.25) is 0 Å². The standard InChI is InChI=1S/C17H16INO3/c1-22-16(20)12-19(11-13-7-3-2-4-8-13)17(21)14-9-5-6-10-15(14)18/h2-10H,11-12H2,1H3. The Labute approximate surface area is 143 Å². The van der Waals surface area contributed by atoms with E-state index in [1.165, 1.54) is 12.0 Å². The van der Waals surface area contributed by atoms with Crippen molar-refractivity contribution in [2.75, 3.05) is 13.7 Å². The lowest BCUT2D eigenvalue weighted by Gasteiger charge is -2.22. The van der Waals surface area contributed by atoms with Gasteiger partial charge < -0.3 is 9.64 Å². The van der Waals surface area contributed by atoms with Gasteiger partial charge in [-0.2, -0.15) is 0 Å². The SMILES string of the molecule is COC(=O)CN(Cc1ccccc1)C(=O)c1ccccc1I. The van der Waals surface area contributed by atoms with Crippen molar-refractivity contribution in [1.29, 1.82) is 0 Å². The van der Waals surface area contributed by atoms with E-state index in [0.29, 0.717) is 12.1 Å². The largest absolute Gasteiger partial charge is 0.468 e. The summed E-state index contributed by atoms with van der Waals surface area (Å²) >= 11 is 2.12. The second-order valence-electron chi connectivity index (χ2n) is 4.70. The van der Waals surface area contributed by atoms with Gasteiger partial charge in [0, 0.05) is 10.1 Å². The maximum Gasteiger partial charge on any atom is 0.325 e. The van der Waals surface area contributed by atoms with Crippen LogP contribution in [0.15, 0.2) is 54.6 Å². The topological polar surface area (TPSA) is 46.6 Å². The molecule has 0 radical (unpaired) electrons. The number of nitrogens with zero attached hydrogens (tertiary/aromatic N) is 1. The minimum atomic E-state index is -0.435. The van der Waals surface area contributed by atoms with Gasteiger partial charge in [-0.25, -0.2) is 0 Å². The number of hydrogen-bond donors (Lipinski definition) is 0. The summed E-state index contributed by atoms with van der Waals surface area (Å²) in [4.78, 5) is 25.8. The summed E-state index contributed by atoms with van der Waals surface area (Å²) in [7, 11) is 1.32. The molecule has 0 atom stereocenters. The Morgan fingerprint density at radius 3 is 2.32 bits per heavy atom. The maximum atomic E-state index is 12.7. The Hall–Kier alpha value is -1.89. The van der Waals surface area contributed by atoms with Crippen molar-refractivity contribution < 1.29 is 14.3 Å². The monoisotopic (exact) mass is 409 g/mol. The second kappa shape index (κ2) is 7.93. The number of hydrogen-bond acceptors (Lipinski definition) is 3. The van der Waals surface area contributed by atoms with E-state index in [1.54, 1.807) is 6.07 Å². The first-order valence-electron chi connectivity index (χ1n) is 6.76. The van der Waals surface area contributed by atoms with Gasteiger partial charge in [-0.1, -0.05) is 42.5 Å². The number of rotatable bonds is 5. The van der Waals surface area contributed by atoms with Crippen LogP contribution >= 0.6 is 22.6 Å². The van der Waals surface area contributed by atoms with E-state index in [1.807, 2.05) is 48.5 Å². The second-order valence-corrected chi connectivity index (χ2v) is 5.86. The summed E-state index contributed by atoms with van der Waals surface area (Å²) in [5.74, 6) is -0.616. The quantitative estimate of drug-likeness (QED) is 0.563. The van der Waals surface area contributed by atoms with E-state index < -0.39 is 5.97 Å². The number of benzene rings is 2. The molecule has 0 aliphatic carbocycles. The summed E-state index contributed by atoms with van der Waals surface area (Å²) in [6.45, 7) is 0.287. The minimum Gasteiger partial charge on any atom is -0.468 e. The molecule has 0 saturated carbocycles. The molecule has 0 heterocycles. The third-order valence-electron chi connectivity index (χ3n) is 3.16. The Kier molecular flexibility index (Phi) is 5.94. The molecule has 0 bridgehead atoms. The molecular weight excluding hydrogens is 393 g/mol. The Bertz CT molecular complexity index is 658. The summed E-state index contributed by atoms with van der Waals surface area (Å²) < 4.78 is 5.55. The number of amides is 1. The highest BCUT2D eigenvalue weighted by Gasteiger charge is 2.21. The van der Waals surface area contributed by atoms with Crippen LogP contribution in [0.5, 0.6) is 0 Å². The summed E-state index contributed by atoms with van der Waals surface area (Å²) in [6.07, 6.45) is 0. The van der Waals surface area contributed by atoms with Gasteiger partial charge in [-0.3, -0.25) is 9.59 Å². The highest BCUT2D eigenvalue weighted by Crippen LogP contribution is 2.16. The Morgan fingerprint density at radius 2 is 1.68 bits per heavy atom. The molecule has 0 aliphatic rings. The number of carbonyl (C=O) groups is 2. The molecule has 0 fully saturated rings. The van der Waals surface area contributed by atoms with Crippen LogP contribution in [0.3, 0.4) is 0 Å². The first kappa shape index (κ1) is 16.5. The van der Waals surface area contributed by atoms with Gasteiger partial charge >= 0.3 is 5.97 Å². The molecule has 2 aromatic carbocycles. The molecule has 0 aliphatic heterocycles. The zero-order valence-electron chi connectivity index (χ0n) is 12.2. The highest BCUT2D eigenvalue weighted by molar-refractivity contribution is 14.1. The summed E-state index contributed by atoms with van der Waals surface area (Å²) in [5, 5.41) is 0. The predicted octanol–water partition coefficient (Wildman–Crippen LogP) is 3.11. The molecule has 0 unspecified atom stereocenters. The molecule has 0 saturated heterocycles. The number of carbonyl (C=O) groups excluding carboxylic acids is 2. The number of methoxy groups -OCH3 is 1. The highest BCUT2D eigenvalue weighted by atomic mass is 127. The van der Waals surface area contributed by atoms with Gasteiger partial charge in [0.15, 0.2) is 0 Å². The van der Waals surface area contributed by atoms with Crippen LogP contribution in [-0.4, -0.2) is 30.4 Å². The zero-order valence-corrected chi connectivity index (χ0v) is 14.3. The summed E-state index contributed by atoms with van der Waals surface area (Å²) in [5.41, 5.74) is 1.55. The molecule has 22 heavy (non-hydrogen) atoms. The number of esters is 1. The fraction of sp³-hybridized carbons (Fsp3) is 0.176. The molecule has 1 amide bonds. The molecular formula is C17H16INO3. The predicted molar refractivity (Wildman–Crippen MR) is 92.4 cm³/mol. The van der Waals surface area contributed by atoms with Crippen molar-refractivity contribution in [2.24, 2.45) is 0 Å². The smallest absolute Gasteiger partial charge is 0.325 e. The fourth-order valence-corrected chi connectivity index (χ4v) is 2.65. The van der Waals surface area contributed by atoms with Crippen LogP contribution < -0.4 is 0 Å². The van der Waals surface area contributed by atoms with Crippen molar-refractivity contribution in [1.82, 2.24) is 4.90 Å². The average molecular weight is 409 g/mol. The lowest BCUT2D eigenvalue weighted by molar-refractivity contribution is -0.141. The van der Waals surface area contributed by atoms with E-state index in [-0.39, 0.29) is 12.5 Å². The Balaban J connectivity index is 2.25. The Morgan fingerprint density at radius 1 is 1.05 bits per heavy atom. The van der Waals surface area contributed by atoms with E-state index in [9.17, 15) is 9.59 Å². The fourth-order valence-electron chi connectivity index (χ4n) is 2.03. The zero-order chi connectivity index (χ0) is 15.9. The number of ether oxygens (including phenoxy) is 1. The number of halogens is 1. The molecule has 0 aromatic heterocycles. The molecule has 5 heteroatoms. The molecule has 0 spiro atoms. The van der Waals surface area contributed by atoms with Crippen LogP contribution in [0.1, 0.15) is 15.9 Å². The van der Waals surface area contributed by atoms with Crippen molar-refractivity contribution in [2.45, 2.75) is 6.54 Å². The van der Waals surface area contributed by atoms with Crippen molar-refractivity contribution in [3.8, 4) is 0 Å². The van der Waals surface area contributed by atoms with Crippen molar-refractivity contribution in [3.63, 3.8) is 0 Å². The van der Waals surface area contributed by atoms with Gasteiger partial charge in [0.2, 0.25) is 0 Å². The van der Waals surface area contributed by atoms with Gasteiger partial charge in [-0.15, -0.1) is 0 Å². The van der Waals surface area contributed by atoms with Crippen molar-refractivity contribution >= 4 is 34.5 Å². The molecule has 0 N–H and O–H groups in total. The lowest BCUT2D eigenvalue weighted by atomic mass is 10.1. The van der Waals surface area contributed by atoms with E-state index in [2.05, 4.69) is 22.6 Å². The van der Waals surface area contributed by atoms with E-state index in [0.717, 1.165) is 9.13 Å². The third-order valence-corrected chi connectivity index (χ3v) is 4.10. The van der Waals surface area contributed by atoms with Crippen molar-refractivity contribution in [3.05, 3.63) is 69.3 Å². The average Bonchev–Trinajstić information content (AvgIpc) is 2.55. The normalized spacial score (nSPS) is 10.1. The van der Waals surface area contributed by atoms with Gasteiger partial charge in [0.1, 0.15) is 6.54 Å². The van der Waals surface area contributed by atoms with Crippen LogP contribution in [0.25, 0.3) is 0 Å². The van der Waals surface area contributed by atoms with Gasteiger partial charge in [0.25, 0.3) is 5.91 Å². The van der Waals surface area contributed by atoms with Crippen LogP contribution in [0.4, 0.5) is 0 Å². The van der Waals surface area contributed by atoms with Gasteiger partial charge in [-0.05, 0) is 40.3 Å². The first-order chi connectivity index (χ1) is 10.6. The molecule has 4 nitrogen and oxygen atoms in total. The van der Waals surface area contributed by atoms with E-state index in [4.69, 9.17) is 4.74 Å². The van der Waals surface area contributed by atoms with Crippen LogP contribution in [0, 0.1) is 3.57 Å². The lowest BCUT2D eigenvalue weighted by Crippen LogP contribution is -2.36. The molecule has 2 rings (SSSR count). The molecule has 114 valence electrons. The third kappa shape index (κ3) is 4.30. The van der Waals surface area contributed by atoms with Gasteiger partial charge in [0.05, 0.1) is 12.7 Å². The molecule has 2 aromatic rings. The maximum absolute atomic E-state index is 12.7. The van der Waals surface area contributed by atoms with E-state index >= 15 is 0 Å². The van der Waals surface area contributed by atoms with Crippen LogP contribution in [-0.2, 0) is 16.1 Å².